The Morgan fingerprint density at radius 2 is 0.772 bits per heavy atom. The molecule has 0 spiro atoms. The highest BCUT2D eigenvalue weighted by molar-refractivity contribution is 7.99. The van der Waals surface area contributed by atoms with Gasteiger partial charge in [0.05, 0.1) is 34.1 Å². The minimum Gasteiger partial charge on any atom is -0.309 e. The molecule has 0 saturated carbocycles. The van der Waals surface area contributed by atoms with Crippen LogP contribution in [-0.4, -0.2) is 0 Å². The summed E-state index contributed by atoms with van der Waals surface area (Å²) in [4.78, 5) is 7.62. The van der Waals surface area contributed by atoms with Crippen LogP contribution in [0.1, 0.15) is 49.9 Å². The van der Waals surface area contributed by atoms with E-state index in [0.29, 0.717) is 0 Å². The minimum atomic E-state index is -0.202. The van der Waals surface area contributed by atoms with E-state index >= 15 is 0 Å². The molecule has 2 nitrogen and oxygen atoms in total. The van der Waals surface area contributed by atoms with E-state index in [4.69, 9.17) is 0 Å². The predicted octanol–water partition coefficient (Wildman–Crippen LogP) is 15.5. The molecule has 0 radical (unpaired) electrons. The molecule has 9 aromatic carbocycles. The van der Waals surface area contributed by atoms with E-state index in [0.717, 1.165) is 0 Å². The van der Waals surface area contributed by atoms with Gasteiger partial charge < -0.3 is 9.80 Å². The number of fused-ring (bicyclic) bond motifs is 12. The first kappa shape index (κ1) is 32.9. The fourth-order valence-electron chi connectivity index (χ4n) is 10.4. The van der Waals surface area contributed by atoms with Crippen molar-refractivity contribution in [2.45, 2.75) is 48.3 Å². The number of rotatable bonds is 2. The maximum absolute atomic E-state index is 2.59. The number of hydrogen-bond acceptors (Lipinski definition) is 3. The summed E-state index contributed by atoms with van der Waals surface area (Å²) in [6.07, 6.45) is 0. The molecule has 9 aromatic rings. The Balaban J connectivity index is 1.17. The first-order valence-corrected chi connectivity index (χ1v) is 20.8. The van der Waals surface area contributed by atoms with E-state index in [2.05, 4.69) is 207 Å². The number of nitrogens with zero attached hydrogens (tertiary/aromatic N) is 2. The molecule has 0 bridgehead atoms. The first-order valence-electron chi connectivity index (χ1n) is 20.0. The molecular weight excluding hydrogens is 709 g/mol. The van der Waals surface area contributed by atoms with Gasteiger partial charge in [-0.3, -0.25) is 0 Å². The molecule has 12 rings (SSSR count). The topological polar surface area (TPSA) is 6.48 Å². The smallest absolute Gasteiger partial charge is 0.0601 e. The van der Waals surface area contributed by atoms with Gasteiger partial charge in [-0.05, 0) is 110 Å². The minimum absolute atomic E-state index is 0.115. The van der Waals surface area contributed by atoms with Crippen molar-refractivity contribution >= 4 is 78.2 Å². The Morgan fingerprint density at radius 1 is 0.316 bits per heavy atom. The molecule has 0 amide bonds. The molecule has 57 heavy (non-hydrogen) atoms. The second-order valence-electron chi connectivity index (χ2n) is 16.9. The van der Waals surface area contributed by atoms with E-state index in [1.165, 1.54) is 110 Å². The van der Waals surface area contributed by atoms with Crippen molar-refractivity contribution in [1.29, 1.82) is 0 Å². The van der Waals surface area contributed by atoms with E-state index in [-0.39, 0.29) is 10.8 Å². The monoisotopic (exact) mass is 748 g/mol. The third kappa shape index (κ3) is 4.44. The summed E-state index contributed by atoms with van der Waals surface area (Å²) in [5, 5.41) is 7.50. The van der Waals surface area contributed by atoms with E-state index < -0.39 is 0 Å². The fourth-order valence-corrected chi connectivity index (χ4v) is 11.5. The van der Waals surface area contributed by atoms with Crippen molar-refractivity contribution in [1.82, 2.24) is 0 Å². The Hall–Kier alpha value is -6.29. The summed E-state index contributed by atoms with van der Waals surface area (Å²) >= 11 is 1.86. The number of anilines is 6. The Labute approximate surface area is 338 Å². The summed E-state index contributed by atoms with van der Waals surface area (Å²) < 4.78 is 0. The molecule has 2 heterocycles. The lowest BCUT2D eigenvalue weighted by Crippen LogP contribution is -2.31. The van der Waals surface area contributed by atoms with Crippen LogP contribution < -0.4 is 9.80 Å². The van der Waals surface area contributed by atoms with Crippen LogP contribution in [0.15, 0.2) is 180 Å². The lowest BCUT2D eigenvalue weighted by Gasteiger charge is -2.43. The largest absolute Gasteiger partial charge is 0.309 e. The SMILES string of the molecule is CC1(C)c2ccccc2-c2cc3c(cc21)N(c1cc2c4ccccc4c(N4c5ccccc5Sc5ccccc54)cc2c2ccccc12)c1ccccc1C3(C)C. The third-order valence-electron chi connectivity index (χ3n) is 13.2. The van der Waals surface area contributed by atoms with Gasteiger partial charge in [0, 0.05) is 31.4 Å². The van der Waals surface area contributed by atoms with Crippen molar-refractivity contribution < 1.29 is 0 Å². The highest BCUT2D eigenvalue weighted by Crippen LogP contribution is 2.59. The normalized spacial score (nSPS) is 15.5. The van der Waals surface area contributed by atoms with Gasteiger partial charge in [-0.25, -0.2) is 0 Å². The van der Waals surface area contributed by atoms with Crippen molar-refractivity contribution in [3.05, 3.63) is 192 Å². The lowest BCUT2D eigenvalue weighted by molar-refractivity contribution is 0.627. The Bertz CT molecular complexity index is 3140. The number of hydrogen-bond donors (Lipinski definition) is 0. The third-order valence-corrected chi connectivity index (χ3v) is 14.3. The van der Waals surface area contributed by atoms with Gasteiger partial charge in [0.15, 0.2) is 0 Å². The number of benzene rings is 9. The maximum Gasteiger partial charge on any atom is 0.0601 e. The van der Waals surface area contributed by atoms with Crippen LogP contribution in [0, 0.1) is 0 Å². The van der Waals surface area contributed by atoms with Crippen LogP contribution in [0.25, 0.3) is 43.4 Å². The molecule has 2 aliphatic heterocycles. The van der Waals surface area contributed by atoms with Gasteiger partial charge in [-0.15, -0.1) is 0 Å². The molecule has 0 aromatic heterocycles. The molecule has 0 unspecified atom stereocenters. The average molecular weight is 749 g/mol. The number of para-hydroxylation sites is 3. The highest BCUT2D eigenvalue weighted by atomic mass is 32.2. The zero-order valence-electron chi connectivity index (χ0n) is 32.5. The van der Waals surface area contributed by atoms with E-state index in [9.17, 15) is 0 Å². The van der Waals surface area contributed by atoms with Gasteiger partial charge >= 0.3 is 0 Å². The first-order chi connectivity index (χ1) is 27.8. The van der Waals surface area contributed by atoms with Crippen LogP contribution in [0.3, 0.4) is 0 Å². The van der Waals surface area contributed by atoms with Crippen LogP contribution >= 0.6 is 11.8 Å². The quantitative estimate of drug-likeness (QED) is 0.163. The van der Waals surface area contributed by atoms with Gasteiger partial charge in [0.25, 0.3) is 0 Å². The molecule has 272 valence electrons. The van der Waals surface area contributed by atoms with E-state index in [1.54, 1.807) is 0 Å². The van der Waals surface area contributed by atoms with E-state index in [1.807, 2.05) is 11.8 Å². The molecular formula is C54H40N2S. The standard InChI is InChI=1S/C54H40N2S/c1-53(2)41-22-10-9-19-35(41)40-29-44-50(32-43(40)53)55(45-24-12-11-23-42(45)54(44,3)4)48-30-38-34-18-6-8-21-37(34)49(31-39(38)33-17-5-7-20-36(33)48)56-46-25-13-15-27-51(46)57-52-28-16-14-26-47(52)56/h5-32H,1-4H3. The molecule has 3 aliphatic rings. The molecule has 0 fully saturated rings. The van der Waals surface area contributed by atoms with Gasteiger partial charge in [0.1, 0.15) is 0 Å². The van der Waals surface area contributed by atoms with Crippen molar-refractivity contribution in [2.75, 3.05) is 9.80 Å². The summed E-state index contributed by atoms with van der Waals surface area (Å²) in [5.41, 5.74) is 15.2. The van der Waals surface area contributed by atoms with Crippen LogP contribution in [-0.2, 0) is 10.8 Å². The van der Waals surface area contributed by atoms with Crippen LogP contribution in [0.2, 0.25) is 0 Å². The Kier molecular flexibility index (Phi) is 6.71. The van der Waals surface area contributed by atoms with Gasteiger partial charge in [0.2, 0.25) is 0 Å². The molecule has 1 aliphatic carbocycles. The molecule has 0 atom stereocenters. The average Bonchev–Trinajstić information content (AvgIpc) is 3.47. The summed E-state index contributed by atoms with van der Waals surface area (Å²) in [7, 11) is 0. The van der Waals surface area contributed by atoms with Gasteiger partial charge in [-0.1, -0.05) is 155 Å². The summed E-state index contributed by atoms with van der Waals surface area (Å²) in [6.45, 7) is 9.60. The summed E-state index contributed by atoms with van der Waals surface area (Å²) in [6, 6.07) is 63.9. The fraction of sp³-hybridized carbons (Fsp3) is 0.111. The van der Waals surface area contributed by atoms with Crippen molar-refractivity contribution in [3.8, 4) is 11.1 Å². The lowest BCUT2D eigenvalue weighted by atomic mass is 9.71. The summed E-state index contributed by atoms with van der Waals surface area (Å²) in [5.74, 6) is 0. The molecule has 0 saturated heterocycles. The zero-order chi connectivity index (χ0) is 38.2. The van der Waals surface area contributed by atoms with Crippen LogP contribution in [0.5, 0.6) is 0 Å². The predicted molar refractivity (Wildman–Crippen MR) is 242 cm³/mol. The Morgan fingerprint density at radius 3 is 1.39 bits per heavy atom. The highest BCUT2D eigenvalue weighted by Gasteiger charge is 2.42. The molecule has 0 N–H and O–H groups in total. The van der Waals surface area contributed by atoms with Crippen molar-refractivity contribution in [2.24, 2.45) is 0 Å². The second kappa shape index (κ2) is 11.6. The van der Waals surface area contributed by atoms with Crippen molar-refractivity contribution in [3.63, 3.8) is 0 Å². The van der Waals surface area contributed by atoms with Crippen LogP contribution in [0.4, 0.5) is 34.1 Å². The zero-order valence-corrected chi connectivity index (χ0v) is 33.3. The van der Waals surface area contributed by atoms with Gasteiger partial charge in [-0.2, -0.15) is 0 Å². The maximum atomic E-state index is 2.59. The second-order valence-corrected chi connectivity index (χ2v) is 18.0. The molecule has 3 heteroatoms.